The highest BCUT2D eigenvalue weighted by molar-refractivity contribution is 5.10. The fourth-order valence-corrected chi connectivity index (χ4v) is 1.47. The van der Waals surface area contributed by atoms with Crippen LogP contribution in [0, 0.1) is 5.41 Å². The number of nitrogens with two attached hydrogens (primary N) is 1. The first-order valence-electron chi connectivity index (χ1n) is 3.85. The van der Waals surface area contributed by atoms with E-state index in [0.29, 0.717) is 0 Å². The van der Waals surface area contributed by atoms with Gasteiger partial charge in [-0.3, -0.25) is 0 Å². The second-order valence-corrected chi connectivity index (χ2v) is 3.52. The van der Waals surface area contributed by atoms with Crippen LogP contribution in [0.1, 0.15) is 19.8 Å². The normalized spacial score (nSPS) is 24.2. The van der Waals surface area contributed by atoms with Gasteiger partial charge in [0, 0.05) is 6.04 Å². The largest absolute Gasteiger partial charge is 0.453 e. The van der Waals surface area contributed by atoms with Crippen molar-refractivity contribution < 1.29 is 22.0 Å². The molecule has 0 radical (unpaired) electrons. The topological polar surface area (TPSA) is 26.0 Å². The van der Waals surface area contributed by atoms with Gasteiger partial charge in [0.1, 0.15) is 0 Å². The van der Waals surface area contributed by atoms with Gasteiger partial charge in [-0.25, -0.2) is 0 Å². The van der Waals surface area contributed by atoms with Crippen LogP contribution in [0.3, 0.4) is 0 Å². The van der Waals surface area contributed by atoms with Crippen LogP contribution in [0.5, 0.6) is 0 Å². The minimum Gasteiger partial charge on any atom is -0.327 e. The molecular formula is C7H10F5N. The summed E-state index contributed by atoms with van der Waals surface area (Å²) in [6, 6.07) is -1.14. The Balaban J connectivity index is 2.93. The van der Waals surface area contributed by atoms with Gasteiger partial charge < -0.3 is 5.73 Å². The van der Waals surface area contributed by atoms with Crippen LogP contribution in [0.25, 0.3) is 0 Å². The molecule has 1 fully saturated rings. The number of hydrogen-bond donors (Lipinski definition) is 1. The standard InChI is InChI=1S/C7H10F5N/c1-4(13)5(2-3-5)6(8,9)7(10,11)12/h4H,2-3,13H2,1H3. The van der Waals surface area contributed by atoms with Crippen LogP contribution < -0.4 is 5.73 Å². The molecule has 13 heavy (non-hydrogen) atoms. The van der Waals surface area contributed by atoms with E-state index in [1.807, 2.05) is 0 Å². The first-order chi connectivity index (χ1) is 5.65. The average Bonchev–Trinajstić information content (AvgIpc) is 2.61. The van der Waals surface area contributed by atoms with Crippen molar-refractivity contribution in [3.05, 3.63) is 0 Å². The molecule has 1 unspecified atom stereocenters. The van der Waals surface area contributed by atoms with Gasteiger partial charge in [-0.2, -0.15) is 22.0 Å². The first-order valence-corrected chi connectivity index (χ1v) is 3.85. The van der Waals surface area contributed by atoms with Crippen molar-refractivity contribution in [1.82, 2.24) is 0 Å². The van der Waals surface area contributed by atoms with Crippen molar-refractivity contribution in [2.45, 2.75) is 37.9 Å². The fourth-order valence-electron chi connectivity index (χ4n) is 1.47. The molecule has 1 rings (SSSR count). The highest BCUT2D eigenvalue weighted by atomic mass is 19.4. The highest BCUT2D eigenvalue weighted by Crippen LogP contribution is 2.63. The lowest BCUT2D eigenvalue weighted by Gasteiger charge is -2.31. The second-order valence-electron chi connectivity index (χ2n) is 3.52. The Kier molecular flexibility index (Phi) is 2.10. The zero-order valence-corrected chi connectivity index (χ0v) is 6.96. The van der Waals surface area contributed by atoms with E-state index < -0.39 is 23.6 Å². The predicted molar refractivity (Wildman–Crippen MR) is 36.3 cm³/mol. The molecule has 0 aliphatic heterocycles. The van der Waals surface area contributed by atoms with Crippen molar-refractivity contribution in [2.75, 3.05) is 0 Å². The van der Waals surface area contributed by atoms with Gasteiger partial charge in [-0.1, -0.05) is 0 Å². The van der Waals surface area contributed by atoms with Gasteiger partial charge in [0.05, 0.1) is 5.41 Å². The Hall–Kier alpha value is -0.390. The van der Waals surface area contributed by atoms with Crippen molar-refractivity contribution in [3.63, 3.8) is 0 Å². The number of rotatable bonds is 2. The van der Waals surface area contributed by atoms with Gasteiger partial charge in [0.15, 0.2) is 0 Å². The van der Waals surface area contributed by atoms with E-state index in [0.717, 1.165) is 0 Å². The summed E-state index contributed by atoms with van der Waals surface area (Å²) >= 11 is 0. The highest BCUT2D eigenvalue weighted by Gasteiger charge is 2.75. The van der Waals surface area contributed by atoms with E-state index in [4.69, 9.17) is 5.73 Å². The van der Waals surface area contributed by atoms with Gasteiger partial charge in [-0.05, 0) is 19.8 Å². The second kappa shape index (κ2) is 2.56. The molecule has 0 spiro atoms. The zero-order valence-electron chi connectivity index (χ0n) is 6.96. The van der Waals surface area contributed by atoms with Crippen molar-refractivity contribution in [3.8, 4) is 0 Å². The van der Waals surface area contributed by atoms with Crippen LogP contribution in [0.4, 0.5) is 22.0 Å². The molecule has 0 amide bonds. The van der Waals surface area contributed by atoms with Gasteiger partial charge in [0.2, 0.25) is 0 Å². The Labute approximate surface area is 72.1 Å². The Morgan fingerprint density at radius 2 is 1.54 bits per heavy atom. The molecule has 1 nitrogen and oxygen atoms in total. The molecule has 1 aliphatic carbocycles. The molecule has 2 N–H and O–H groups in total. The summed E-state index contributed by atoms with van der Waals surface area (Å²) in [5, 5.41) is 0. The average molecular weight is 203 g/mol. The molecule has 0 aromatic carbocycles. The molecule has 1 aliphatic rings. The van der Waals surface area contributed by atoms with Gasteiger partial charge >= 0.3 is 12.1 Å². The van der Waals surface area contributed by atoms with Gasteiger partial charge in [-0.15, -0.1) is 0 Å². The van der Waals surface area contributed by atoms with Crippen LogP contribution in [0.15, 0.2) is 0 Å². The summed E-state index contributed by atoms with van der Waals surface area (Å²) in [7, 11) is 0. The zero-order chi connectivity index (χ0) is 10.5. The monoisotopic (exact) mass is 203 g/mol. The fraction of sp³-hybridized carbons (Fsp3) is 1.00. The van der Waals surface area contributed by atoms with Crippen LogP contribution in [0.2, 0.25) is 0 Å². The predicted octanol–water partition coefficient (Wildman–Crippen LogP) is 2.31. The maximum atomic E-state index is 12.8. The van der Waals surface area contributed by atoms with E-state index in [9.17, 15) is 22.0 Å². The molecule has 0 heterocycles. The molecule has 0 bridgehead atoms. The lowest BCUT2D eigenvalue weighted by Crippen LogP contribution is -2.51. The molecule has 0 saturated heterocycles. The quantitative estimate of drug-likeness (QED) is 0.685. The maximum Gasteiger partial charge on any atom is 0.453 e. The summed E-state index contributed by atoms with van der Waals surface area (Å²) in [5.74, 6) is -4.66. The third-order valence-corrected chi connectivity index (χ3v) is 2.64. The molecule has 0 aromatic rings. The smallest absolute Gasteiger partial charge is 0.327 e. The van der Waals surface area contributed by atoms with Crippen molar-refractivity contribution >= 4 is 0 Å². The van der Waals surface area contributed by atoms with Gasteiger partial charge in [0.25, 0.3) is 0 Å². The lowest BCUT2D eigenvalue weighted by molar-refractivity contribution is -0.311. The van der Waals surface area contributed by atoms with Crippen LogP contribution in [-0.4, -0.2) is 18.1 Å². The minimum absolute atomic E-state index is 0.156. The van der Waals surface area contributed by atoms with E-state index >= 15 is 0 Å². The maximum absolute atomic E-state index is 12.8. The molecule has 1 saturated carbocycles. The Morgan fingerprint density at radius 3 is 1.62 bits per heavy atom. The number of alkyl halides is 5. The summed E-state index contributed by atoms with van der Waals surface area (Å²) < 4.78 is 61.4. The Morgan fingerprint density at radius 1 is 1.15 bits per heavy atom. The molecule has 6 heteroatoms. The third kappa shape index (κ3) is 1.31. The number of hydrogen-bond acceptors (Lipinski definition) is 1. The minimum atomic E-state index is -5.49. The SMILES string of the molecule is CC(N)C1(C(F)(F)C(F)(F)F)CC1. The summed E-state index contributed by atoms with van der Waals surface area (Å²) in [6.45, 7) is 1.19. The molecule has 78 valence electrons. The van der Waals surface area contributed by atoms with Crippen molar-refractivity contribution in [2.24, 2.45) is 11.1 Å². The summed E-state index contributed by atoms with van der Waals surface area (Å²) in [5.41, 5.74) is 3.09. The summed E-state index contributed by atoms with van der Waals surface area (Å²) in [6.07, 6.45) is -5.80. The van der Waals surface area contributed by atoms with Crippen molar-refractivity contribution in [1.29, 1.82) is 0 Å². The van der Waals surface area contributed by atoms with E-state index in [1.165, 1.54) is 6.92 Å². The lowest BCUT2D eigenvalue weighted by atomic mass is 9.90. The van der Waals surface area contributed by atoms with E-state index in [1.54, 1.807) is 0 Å². The molecular weight excluding hydrogens is 193 g/mol. The first kappa shape index (κ1) is 10.7. The summed E-state index contributed by atoms with van der Waals surface area (Å²) in [4.78, 5) is 0. The number of halogens is 5. The molecule has 0 aromatic heterocycles. The third-order valence-electron chi connectivity index (χ3n) is 2.64. The Bertz CT molecular complexity index is 203. The van der Waals surface area contributed by atoms with E-state index in [2.05, 4.69) is 0 Å². The van der Waals surface area contributed by atoms with Crippen LogP contribution in [-0.2, 0) is 0 Å². The molecule has 1 atom stereocenters. The van der Waals surface area contributed by atoms with Crippen LogP contribution >= 0.6 is 0 Å². The van der Waals surface area contributed by atoms with E-state index in [-0.39, 0.29) is 12.8 Å².